The lowest BCUT2D eigenvalue weighted by molar-refractivity contribution is -0.439. The molecular weight excluding hydrogens is 689 g/mol. The summed E-state index contributed by atoms with van der Waals surface area (Å²) in [6.07, 6.45) is -19.5. The molecule has 1 amide bonds. The zero-order valence-corrected chi connectivity index (χ0v) is 23.1. The molecule has 0 radical (unpaired) electrons. The Balaban J connectivity index is 2.77. The predicted octanol–water partition coefficient (Wildman–Crippen LogP) is 0.895. The van der Waals surface area contributed by atoms with Crippen LogP contribution < -0.4 is 5.32 Å². The van der Waals surface area contributed by atoms with Gasteiger partial charge in [-0.1, -0.05) is 0 Å². The second-order valence-electron chi connectivity index (χ2n) is 9.77. The fraction of sp³-hybridized carbons (Fsp3) is 0.952. The van der Waals surface area contributed by atoms with Crippen LogP contribution in [0.25, 0.3) is 0 Å². The van der Waals surface area contributed by atoms with Gasteiger partial charge in [-0.3, -0.25) is 4.79 Å². The highest BCUT2D eigenvalue weighted by Crippen LogP contribution is 2.60. The number of alkyl halides is 13. The van der Waals surface area contributed by atoms with Gasteiger partial charge in [0.25, 0.3) is 0 Å². The smallest absolute Gasteiger partial charge is 0.394 e. The molecule has 45 heavy (non-hydrogen) atoms. The van der Waals surface area contributed by atoms with Crippen LogP contribution in [0.5, 0.6) is 0 Å². The van der Waals surface area contributed by atoms with Crippen molar-refractivity contribution in [3.8, 4) is 0 Å². The van der Waals surface area contributed by atoms with Crippen molar-refractivity contribution in [2.75, 3.05) is 37.9 Å². The average Bonchev–Trinajstić information content (AvgIpc) is 2.93. The number of thioether (sulfide) groups is 1. The summed E-state index contributed by atoms with van der Waals surface area (Å²) in [5.41, 5.74) is -2.08. The molecule has 0 unspecified atom stereocenters. The minimum atomic E-state index is -8.01. The summed E-state index contributed by atoms with van der Waals surface area (Å²) in [6.45, 7) is -3.91. The van der Waals surface area contributed by atoms with Crippen molar-refractivity contribution in [1.82, 2.24) is 5.32 Å². The molecule has 1 saturated heterocycles. The zero-order valence-electron chi connectivity index (χ0n) is 22.3. The first-order valence-electron chi connectivity index (χ1n) is 12.2. The number of rotatable bonds is 17. The van der Waals surface area contributed by atoms with Gasteiger partial charge in [-0.25, -0.2) is 0 Å². The fourth-order valence-corrected chi connectivity index (χ4v) is 4.42. The molecule has 24 heteroatoms. The molecule has 7 N–H and O–H groups in total. The van der Waals surface area contributed by atoms with Gasteiger partial charge in [-0.05, 0) is 5.75 Å². The van der Waals surface area contributed by atoms with Crippen molar-refractivity contribution in [3.63, 3.8) is 0 Å². The van der Waals surface area contributed by atoms with Crippen LogP contribution in [0.1, 0.15) is 12.8 Å². The molecular formula is C21H28F13NO9S. The van der Waals surface area contributed by atoms with Gasteiger partial charge in [0.15, 0.2) is 6.29 Å². The van der Waals surface area contributed by atoms with E-state index in [1.54, 1.807) is 0 Å². The lowest BCUT2D eigenvalue weighted by Crippen LogP contribution is -2.70. The Labute approximate surface area is 248 Å². The standard InChI is InChI=1S/C21H28F13NO9S/c22-16(23,17(24,25)18(26,27)19(28,29)20(30,31)21(32,33)34)2-4-45-3-1-10(39)35-15(6-37,7-38)8-43-14-13(42)12(41)11(40)9(5-36)44-14/h9,11-14,36-38,40-42H,1-8H2,(H,35,39)/t9-,11-,12+,13-,14-/m1/s1. The van der Waals surface area contributed by atoms with Crippen molar-refractivity contribution in [1.29, 1.82) is 0 Å². The van der Waals surface area contributed by atoms with Gasteiger partial charge in [0.1, 0.15) is 30.0 Å². The summed E-state index contributed by atoms with van der Waals surface area (Å²) in [7, 11) is 0. The molecule has 1 fully saturated rings. The van der Waals surface area contributed by atoms with Gasteiger partial charge in [0.05, 0.1) is 26.4 Å². The molecule has 0 aromatic rings. The van der Waals surface area contributed by atoms with Crippen LogP contribution in [0.15, 0.2) is 0 Å². The Morgan fingerprint density at radius 1 is 0.733 bits per heavy atom. The Hall–Kier alpha value is -1.41. The predicted molar refractivity (Wildman–Crippen MR) is 122 cm³/mol. The van der Waals surface area contributed by atoms with Crippen LogP contribution in [-0.2, 0) is 14.3 Å². The Kier molecular flexibility index (Phi) is 13.7. The van der Waals surface area contributed by atoms with Crippen LogP contribution >= 0.6 is 11.8 Å². The van der Waals surface area contributed by atoms with E-state index in [2.05, 4.69) is 0 Å². The quantitative estimate of drug-likeness (QED) is 0.0849. The lowest BCUT2D eigenvalue weighted by atomic mass is 9.93. The average molecular weight is 717 g/mol. The molecule has 0 bridgehead atoms. The largest absolute Gasteiger partial charge is 0.460 e. The van der Waals surface area contributed by atoms with Crippen molar-refractivity contribution in [2.45, 2.75) is 84.9 Å². The third-order valence-electron chi connectivity index (χ3n) is 6.41. The minimum Gasteiger partial charge on any atom is -0.394 e. The van der Waals surface area contributed by atoms with Crippen molar-refractivity contribution in [2.24, 2.45) is 0 Å². The highest BCUT2D eigenvalue weighted by atomic mass is 32.2. The Morgan fingerprint density at radius 2 is 1.24 bits per heavy atom. The molecule has 10 nitrogen and oxygen atoms in total. The summed E-state index contributed by atoms with van der Waals surface area (Å²) in [5, 5.41) is 59.9. The molecule has 0 aromatic heterocycles. The van der Waals surface area contributed by atoms with Gasteiger partial charge in [-0.15, -0.1) is 0 Å². The topological polar surface area (TPSA) is 169 Å². The van der Waals surface area contributed by atoms with Crippen LogP contribution in [0.3, 0.4) is 0 Å². The SMILES string of the molecule is O=C(CCSCCC(F)(F)C(F)(F)C(F)(F)C(F)(F)C(F)(F)C(F)(F)F)NC(CO)(CO)CO[C@@H]1O[C@H](CO)[C@@H](O)[C@H](O)[C@H]1O. The van der Waals surface area contributed by atoms with E-state index < -0.39 is 129 Å². The number of ether oxygens (including phenoxy) is 2. The van der Waals surface area contributed by atoms with Gasteiger partial charge in [0.2, 0.25) is 5.91 Å². The van der Waals surface area contributed by atoms with E-state index in [1.165, 1.54) is 0 Å². The number of hydrogen-bond acceptors (Lipinski definition) is 10. The number of aliphatic hydroxyl groups is 6. The second kappa shape index (κ2) is 14.8. The van der Waals surface area contributed by atoms with Crippen molar-refractivity contribution < 1.29 is 102 Å². The van der Waals surface area contributed by atoms with Crippen LogP contribution in [-0.4, -0.2) is 147 Å². The van der Waals surface area contributed by atoms with Gasteiger partial charge in [-0.2, -0.15) is 68.8 Å². The van der Waals surface area contributed by atoms with E-state index in [4.69, 9.17) is 9.47 Å². The fourth-order valence-electron chi connectivity index (χ4n) is 3.49. The van der Waals surface area contributed by atoms with Crippen LogP contribution in [0.4, 0.5) is 57.1 Å². The number of hydrogen-bond donors (Lipinski definition) is 7. The number of nitrogens with one attached hydrogen (secondary N) is 1. The monoisotopic (exact) mass is 717 g/mol. The van der Waals surface area contributed by atoms with Crippen molar-refractivity contribution >= 4 is 17.7 Å². The van der Waals surface area contributed by atoms with Crippen LogP contribution in [0.2, 0.25) is 0 Å². The molecule has 0 saturated carbocycles. The summed E-state index contributed by atoms with van der Waals surface area (Å²) in [5.74, 6) is -40.5. The molecule has 0 aliphatic carbocycles. The van der Waals surface area contributed by atoms with Gasteiger partial charge >= 0.3 is 35.8 Å². The first-order valence-corrected chi connectivity index (χ1v) is 13.4. The van der Waals surface area contributed by atoms with Crippen molar-refractivity contribution in [3.05, 3.63) is 0 Å². The third kappa shape index (κ3) is 8.36. The normalized spacial score (nSPS) is 24.6. The van der Waals surface area contributed by atoms with E-state index >= 15 is 0 Å². The van der Waals surface area contributed by atoms with E-state index in [0.717, 1.165) is 0 Å². The van der Waals surface area contributed by atoms with Crippen LogP contribution in [0, 0.1) is 0 Å². The van der Waals surface area contributed by atoms with E-state index in [9.17, 15) is 92.5 Å². The number of carbonyl (C=O) groups excluding carboxylic acids is 1. The molecule has 5 atom stereocenters. The van der Waals surface area contributed by atoms with E-state index in [0.29, 0.717) is 0 Å². The minimum absolute atomic E-state index is 0.114. The number of aliphatic hydroxyl groups excluding tert-OH is 6. The maximum atomic E-state index is 13.8. The van der Waals surface area contributed by atoms with E-state index in [-0.39, 0.29) is 11.8 Å². The Morgan fingerprint density at radius 3 is 1.71 bits per heavy atom. The van der Waals surface area contributed by atoms with Gasteiger partial charge in [0, 0.05) is 18.6 Å². The summed E-state index contributed by atoms with van der Waals surface area (Å²) in [6, 6.07) is 0. The Bertz CT molecular complexity index is 971. The molecule has 268 valence electrons. The highest BCUT2D eigenvalue weighted by molar-refractivity contribution is 7.99. The number of amides is 1. The second-order valence-corrected chi connectivity index (χ2v) is 11.0. The molecule has 1 rings (SSSR count). The van der Waals surface area contributed by atoms with Gasteiger partial charge < -0.3 is 45.4 Å². The molecule has 1 aliphatic rings. The highest BCUT2D eigenvalue weighted by Gasteiger charge is 2.90. The number of halogens is 13. The summed E-state index contributed by atoms with van der Waals surface area (Å²) in [4.78, 5) is 12.2. The third-order valence-corrected chi connectivity index (χ3v) is 7.40. The first-order chi connectivity index (χ1) is 20.2. The summed E-state index contributed by atoms with van der Waals surface area (Å²) >= 11 is 0.114. The summed E-state index contributed by atoms with van der Waals surface area (Å²) < 4.78 is 181. The van der Waals surface area contributed by atoms with E-state index in [1.807, 2.05) is 5.32 Å². The zero-order chi connectivity index (χ0) is 35.4. The maximum Gasteiger partial charge on any atom is 0.460 e. The maximum absolute atomic E-state index is 13.8. The number of carbonyl (C=O) groups is 1. The molecule has 0 spiro atoms. The molecule has 1 aliphatic heterocycles. The molecule has 1 heterocycles. The molecule has 0 aromatic carbocycles. The lowest BCUT2D eigenvalue weighted by Gasteiger charge is -2.41. The first kappa shape index (κ1) is 41.6.